The van der Waals surface area contributed by atoms with E-state index in [-0.39, 0.29) is 12.5 Å². The maximum absolute atomic E-state index is 12.5. The molecule has 3 N–H and O–H groups in total. The molecule has 3 rings (SSSR count). The highest BCUT2D eigenvalue weighted by Crippen LogP contribution is 2.28. The van der Waals surface area contributed by atoms with Crippen molar-refractivity contribution in [1.29, 1.82) is 0 Å². The highest BCUT2D eigenvalue weighted by molar-refractivity contribution is 5.98. The number of nitrogens with one attached hydrogen (secondary N) is 1. The fraction of sp³-hybridized carbons (Fsp3) is 0.167. The molecule has 1 amide bonds. The number of fused-ring (bicyclic) bond motifs is 1. The summed E-state index contributed by atoms with van der Waals surface area (Å²) in [6.45, 7) is 1.85. The summed E-state index contributed by atoms with van der Waals surface area (Å²) in [5.74, 6) is 0.0751. The molecule has 0 aliphatic carbocycles. The number of hydrogen-bond acceptors (Lipinski definition) is 4. The molecule has 0 saturated heterocycles. The van der Waals surface area contributed by atoms with E-state index < -0.39 is 11.7 Å². The summed E-state index contributed by atoms with van der Waals surface area (Å²) in [5, 5.41) is 3.41. The zero-order chi connectivity index (χ0) is 18.9. The number of halogens is 3. The molecule has 0 radical (unpaired) electrons. The summed E-state index contributed by atoms with van der Waals surface area (Å²) in [7, 11) is 0. The Labute approximate surface area is 147 Å². The number of nitrogens with two attached hydrogens (primary N) is 1. The van der Waals surface area contributed by atoms with Gasteiger partial charge >= 0.3 is 6.18 Å². The summed E-state index contributed by atoms with van der Waals surface area (Å²) in [4.78, 5) is 20.2. The van der Waals surface area contributed by atoms with E-state index in [0.29, 0.717) is 22.6 Å². The average molecular weight is 360 g/mol. The quantitative estimate of drug-likeness (QED) is 0.749. The van der Waals surface area contributed by atoms with E-state index in [1.165, 1.54) is 6.07 Å². The minimum Gasteiger partial charge on any atom is -0.383 e. The Morgan fingerprint density at radius 2 is 1.96 bits per heavy atom. The molecule has 2 heterocycles. The van der Waals surface area contributed by atoms with Gasteiger partial charge in [0.1, 0.15) is 5.82 Å². The number of carbonyl (C=O) groups excluding carboxylic acids is 1. The molecule has 3 aromatic rings. The first-order chi connectivity index (χ1) is 12.2. The topological polar surface area (TPSA) is 80.9 Å². The van der Waals surface area contributed by atoms with Gasteiger partial charge in [0.25, 0.3) is 5.91 Å². The van der Waals surface area contributed by atoms with Gasteiger partial charge in [0.05, 0.1) is 23.3 Å². The van der Waals surface area contributed by atoms with E-state index in [0.717, 1.165) is 23.2 Å². The Hall–Kier alpha value is -3.16. The summed E-state index contributed by atoms with van der Waals surface area (Å²) >= 11 is 0. The molecule has 26 heavy (non-hydrogen) atoms. The van der Waals surface area contributed by atoms with E-state index in [1.807, 2.05) is 13.0 Å². The maximum Gasteiger partial charge on any atom is 0.417 e. The van der Waals surface area contributed by atoms with Crippen LogP contribution in [0.4, 0.5) is 19.0 Å². The second-order valence-corrected chi connectivity index (χ2v) is 5.82. The van der Waals surface area contributed by atoms with Crippen LogP contribution in [0.15, 0.2) is 42.6 Å². The summed E-state index contributed by atoms with van der Waals surface area (Å²) in [6, 6.07) is 9.00. The Morgan fingerprint density at radius 1 is 1.19 bits per heavy atom. The highest BCUT2D eigenvalue weighted by Gasteiger charge is 2.30. The molecule has 0 fully saturated rings. The average Bonchev–Trinajstić information content (AvgIpc) is 2.60. The van der Waals surface area contributed by atoms with Crippen molar-refractivity contribution in [3.05, 3.63) is 65.0 Å². The first-order valence-corrected chi connectivity index (χ1v) is 7.71. The van der Waals surface area contributed by atoms with Crippen molar-refractivity contribution in [2.24, 2.45) is 0 Å². The van der Waals surface area contributed by atoms with Crippen LogP contribution < -0.4 is 11.1 Å². The molecule has 0 aliphatic heterocycles. The van der Waals surface area contributed by atoms with E-state index in [9.17, 15) is 18.0 Å². The molecule has 0 bridgehead atoms. The third kappa shape index (κ3) is 3.74. The van der Waals surface area contributed by atoms with Gasteiger partial charge < -0.3 is 11.1 Å². The number of amides is 1. The molecule has 8 heteroatoms. The first-order valence-electron chi connectivity index (χ1n) is 7.71. The molecule has 134 valence electrons. The number of nitrogen functional groups attached to an aromatic ring is 1. The van der Waals surface area contributed by atoms with Crippen molar-refractivity contribution in [3.63, 3.8) is 0 Å². The second-order valence-electron chi connectivity index (χ2n) is 5.82. The van der Waals surface area contributed by atoms with Crippen molar-refractivity contribution in [2.45, 2.75) is 19.6 Å². The van der Waals surface area contributed by atoms with Gasteiger partial charge in [-0.15, -0.1) is 0 Å². The van der Waals surface area contributed by atoms with E-state index in [4.69, 9.17) is 5.73 Å². The van der Waals surface area contributed by atoms with E-state index >= 15 is 0 Å². The lowest BCUT2D eigenvalue weighted by Crippen LogP contribution is -2.23. The van der Waals surface area contributed by atoms with Gasteiger partial charge in [0.15, 0.2) is 0 Å². The van der Waals surface area contributed by atoms with Gasteiger partial charge in [-0.1, -0.05) is 0 Å². The van der Waals surface area contributed by atoms with Crippen LogP contribution in [0.3, 0.4) is 0 Å². The van der Waals surface area contributed by atoms with Crippen LogP contribution in [0.5, 0.6) is 0 Å². The number of pyridine rings is 2. The van der Waals surface area contributed by atoms with E-state index in [1.54, 1.807) is 18.2 Å². The standard InChI is InChI=1S/C18H15F3N4O/c1-10-6-12-7-11(2-5-15(12)25-16(10)22)17(26)24-9-14-4-3-13(8-23-14)18(19,20)21/h2-8H,9H2,1H3,(H2,22,25)(H,24,26). The Kier molecular flexibility index (Phi) is 4.50. The number of nitrogens with zero attached hydrogens (tertiary/aromatic N) is 2. The van der Waals surface area contributed by atoms with Crippen molar-refractivity contribution in [2.75, 3.05) is 5.73 Å². The van der Waals surface area contributed by atoms with Crippen molar-refractivity contribution in [3.8, 4) is 0 Å². The van der Waals surface area contributed by atoms with Crippen molar-refractivity contribution in [1.82, 2.24) is 15.3 Å². The smallest absolute Gasteiger partial charge is 0.383 e. The van der Waals surface area contributed by atoms with Crippen molar-refractivity contribution >= 4 is 22.6 Å². The van der Waals surface area contributed by atoms with Gasteiger partial charge in [0.2, 0.25) is 0 Å². The van der Waals surface area contributed by atoms with Gasteiger partial charge in [-0.25, -0.2) is 4.98 Å². The molecule has 2 aromatic heterocycles. The molecule has 5 nitrogen and oxygen atoms in total. The molecule has 1 aromatic carbocycles. The molecular formula is C18H15F3N4O. The van der Waals surface area contributed by atoms with Gasteiger partial charge in [0, 0.05) is 17.1 Å². The van der Waals surface area contributed by atoms with E-state index in [2.05, 4.69) is 15.3 Å². The lowest BCUT2D eigenvalue weighted by atomic mass is 10.1. The Morgan fingerprint density at radius 3 is 2.62 bits per heavy atom. The number of rotatable bonds is 3. The van der Waals surface area contributed by atoms with Crippen LogP contribution in [0.25, 0.3) is 10.9 Å². The van der Waals surface area contributed by atoms with Gasteiger partial charge in [-0.2, -0.15) is 13.2 Å². The Balaban J connectivity index is 1.72. The maximum atomic E-state index is 12.5. The highest BCUT2D eigenvalue weighted by atomic mass is 19.4. The van der Waals surface area contributed by atoms with Crippen LogP contribution in [-0.2, 0) is 12.7 Å². The normalized spacial score (nSPS) is 11.5. The lowest BCUT2D eigenvalue weighted by molar-refractivity contribution is -0.137. The third-order valence-electron chi connectivity index (χ3n) is 3.89. The summed E-state index contributed by atoms with van der Waals surface area (Å²) in [6.07, 6.45) is -3.69. The first kappa shape index (κ1) is 17.7. The number of benzene rings is 1. The molecule has 0 spiro atoms. The molecule has 0 unspecified atom stereocenters. The van der Waals surface area contributed by atoms with Crippen molar-refractivity contribution < 1.29 is 18.0 Å². The number of carbonyl (C=O) groups is 1. The monoisotopic (exact) mass is 360 g/mol. The molecular weight excluding hydrogens is 345 g/mol. The zero-order valence-electron chi connectivity index (χ0n) is 13.8. The largest absolute Gasteiger partial charge is 0.417 e. The summed E-state index contributed by atoms with van der Waals surface area (Å²) < 4.78 is 37.5. The SMILES string of the molecule is Cc1cc2cc(C(=O)NCc3ccc(C(F)(F)F)cn3)ccc2nc1N. The van der Waals surface area contributed by atoms with Gasteiger partial charge in [-0.3, -0.25) is 9.78 Å². The number of aryl methyl sites for hydroxylation is 1. The zero-order valence-corrected chi connectivity index (χ0v) is 13.8. The van der Waals surface area contributed by atoms with Crippen LogP contribution in [0.1, 0.15) is 27.2 Å². The van der Waals surface area contributed by atoms with Crippen LogP contribution in [-0.4, -0.2) is 15.9 Å². The fourth-order valence-corrected chi connectivity index (χ4v) is 2.41. The number of aromatic nitrogens is 2. The number of alkyl halides is 3. The molecule has 0 aliphatic rings. The fourth-order valence-electron chi connectivity index (χ4n) is 2.41. The van der Waals surface area contributed by atoms with Crippen LogP contribution >= 0.6 is 0 Å². The van der Waals surface area contributed by atoms with Gasteiger partial charge in [-0.05, 0) is 48.9 Å². The number of anilines is 1. The predicted molar refractivity (Wildman–Crippen MR) is 91.3 cm³/mol. The summed E-state index contributed by atoms with van der Waals surface area (Å²) in [5.41, 5.74) is 7.16. The molecule has 0 saturated carbocycles. The molecule has 0 atom stereocenters. The second kappa shape index (κ2) is 6.62. The number of hydrogen-bond donors (Lipinski definition) is 2. The lowest BCUT2D eigenvalue weighted by Gasteiger charge is -2.09. The minimum absolute atomic E-state index is 0.0218. The van der Waals surface area contributed by atoms with Crippen LogP contribution in [0.2, 0.25) is 0 Å². The minimum atomic E-state index is -4.44. The van der Waals surface area contributed by atoms with Crippen LogP contribution in [0, 0.1) is 6.92 Å². The Bertz CT molecular complexity index is 969. The third-order valence-corrected chi connectivity index (χ3v) is 3.89. The predicted octanol–water partition coefficient (Wildman–Crippen LogP) is 3.47.